The number of amides is 3. The first kappa shape index (κ1) is 22.0. The highest BCUT2D eigenvalue weighted by Gasteiger charge is 2.33. The van der Waals surface area contributed by atoms with Gasteiger partial charge in [-0.05, 0) is 30.4 Å². The summed E-state index contributed by atoms with van der Waals surface area (Å²) in [6.45, 7) is 5.97. The number of imide groups is 1. The Morgan fingerprint density at radius 1 is 0.939 bits per heavy atom. The summed E-state index contributed by atoms with van der Waals surface area (Å²) in [5.74, 6) is -0.395. The molecule has 3 amide bonds. The molecule has 0 aliphatic carbocycles. The van der Waals surface area contributed by atoms with Crippen molar-refractivity contribution < 1.29 is 19.1 Å². The van der Waals surface area contributed by atoms with Gasteiger partial charge >= 0.3 is 0 Å². The third kappa shape index (κ3) is 4.64. The summed E-state index contributed by atoms with van der Waals surface area (Å²) in [6, 6.07) is 11.2. The van der Waals surface area contributed by atoms with Gasteiger partial charge in [0.2, 0.25) is 5.91 Å². The Morgan fingerprint density at radius 2 is 1.61 bits per heavy atom. The van der Waals surface area contributed by atoms with E-state index in [2.05, 4.69) is 15.1 Å². The lowest BCUT2D eigenvalue weighted by atomic mass is 9.94. The third-order valence-electron chi connectivity index (χ3n) is 6.88. The van der Waals surface area contributed by atoms with Crippen LogP contribution in [0.5, 0.6) is 0 Å². The van der Waals surface area contributed by atoms with Gasteiger partial charge in [-0.3, -0.25) is 29.1 Å². The van der Waals surface area contributed by atoms with Crippen LogP contribution in [0.3, 0.4) is 0 Å². The molecule has 2 aromatic rings. The number of nitrogens with zero attached hydrogens (tertiary/aromatic N) is 3. The number of hydrogen-bond acceptors (Lipinski definition) is 6. The Bertz CT molecular complexity index is 1010. The van der Waals surface area contributed by atoms with Crippen LogP contribution >= 0.6 is 0 Å². The minimum atomic E-state index is -0.217. The first-order valence-corrected chi connectivity index (χ1v) is 11.8. The number of ether oxygens (including phenoxy) is 1. The van der Waals surface area contributed by atoms with E-state index in [0.717, 1.165) is 56.4 Å². The van der Waals surface area contributed by atoms with Gasteiger partial charge in [-0.2, -0.15) is 0 Å². The third-order valence-corrected chi connectivity index (χ3v) is 6.88. The molecule has 3 aliphatic heterocycles. The lowest BCUT2D eigenvalue weighted by Crippen LogP contribution is -2.52. The predicted octanol–water partition coefficient (Wildman–Crippen LogP) is 1.35. The van der Waals surface area contributed by atoms with Crippen molar-refractivity contribution in [1.29, 1.82) is 0 Å². The fraction of sp³-hybridized carbons (Fsp3) is 0.480. The fourth-order valence-corrected chi connectivity index (χ4v) is 4.99. The van der Waals surface area contributed by atoms with E-state index in [1.807, 2.05) is 24.3 Å². The molecular formula is C25H30N4O4. The van der Waals surface area contributed by atoms with Gasteiger partial charge in [0.1, 0.15) is 0 Å². The summed E-state index contributed by atoms with van der Waals surface area (Å²) < 4.78 is 5.55. The summed E-state index contributed by atoms with van der Waals surface area (Å²) in [6.07, 6.45) is 2.24. The first-order valence-electron chi connectivity index (χ1n) is 11.8. The molecule has 0 spiro atoms. The minimum absolute atomic E-state index is 0.0382. The van der Waals surface area contributed by atoms with E-state index in [-0.39, 0.29) is 23.8 Å². The van der Waals surface area contributed by atoms with Gasteiger partial charge in [0.15, 0.2) is 0 Å². The molecule has 0 bridgehead atoms. The van der Waals surface area contributed by atoms with E-state index in [9.17, 15) is 14.4 Å². The molecule has 174 valence electrons. The Labute approximate surface area is 193 Å². The lowest BCUT2D eigenvalue weighted by Gasteiger charge is -2.35. The Balaban J connectivity index is 1.11. The monoisotopic (exact) mass is 450 g/mol. The van der Waals surface area contributed by atoms with Crippen LogP contribution in [0.2, 0.25) is 0 Å². The number of piperazine rings is 1. The lowest BCUT2D eigenvalue weighted by molar-refractivity contribution is -0.123. The van der Waals surface area contributed by atoms with Crippen molar-refractivity contribution in [1.82, 2.24) is 20.0 Å². The van der Waals surface area contributed by atoms with Gasteiger partial charge in [0.25, 0.3) is 11.8 Å². The van der Waals surface area contributed by atoms with Crippen molar-refractivity contribution >= 4 is 28.5 Å². The summed E-state index contributed by atoms with van der Waals surface area (Å²) in [5.41, 5.74) is 1.20. The highest BCUT2D eigenvalue weighted by Crippen LogP contribution is 2.29. The van der Waals surface area contributed by atoms with Crippen LogP contribution in [-0.4, -0.2) is 97.5 Å². The molecule has 8 heteroatoms. The molecule has 0 radical (unpaired) electrons. The maximum absolute atomic E-state index is 13.0. The van der Waals surface area contributed by atoms with Crippen LogP contribution in [0.25, 0.3) is 10.8 Å². The second kappa shape index (κ2) is 9.59. The van der Waals surface area contributed by atoms with E-state index >= 15 is 0 Å². The minimum Gasteiger partial charge on any atom is -0.376 e. The smallest absolute Gasteiger partial charge is 0.261 e. The largest absolute Gasteiger partial charge is 0.376 e. The highest BCUT2D eigenvalue weighted by molar-refractivity contribution is 6.25. The van der Waals surface area contributed by atoms with E-state index < -0.39 is 0 Å². The second-order valence-corrected chi connectivity index (χ2v) is 9.03. The molecule has 0 saturated carbocycles. The van der Waals surface area contributed by atoms with Crippen LogP contribution in [0.1, 0.15) is 33.6 Å². The van der Waals surface area contributed by atoms with Gasteiger partial charge in [-0.25, -0.2) is 0 Å². The molecule has 0 aromatic heterocycles. The molecule has 1 atom stereocenters. The second-order valence-electron chi connectivity index (χ2n) is 9.03. The Morgan fingerprint density at radius 3 is 2.24 bits per heavy atom. The normalized spacial score (nSPS) is 21.7. The summed E-state index contributed by atoms with van der Waals surface area (Å²) in [7, 11) is 0. The van der Waals surface area contributed by atoms with Gasteiger partial charge in [-0.1, -0.05) is 24.3 Å². The molecule has 2 fully saturated rings. The molecule has 3 aliphatic rings. The topological polar surface area (TPSA) is 82.2 Å². The molecule has 2 aromatic carbocycles. The number of hydrogen-bond donors (Lipinski definition) is 1. The van der Waals surface area contributed by atoms with E-state index in [1.54, 1.807) is 12.1 Å². The van der Waals surface area contributed by atoms with Crippen LogP contribution in [-0.2, 0) is 9.53 Å². The quantitative estimate of drug-likeness (QED) is 0.642. The molecule has 33 heavy (non-hydrogen) atoms. The van der Waals surface area contributed by atoms with Gasteiger partial charge in [0, 0.05) is 68.9 Å². The molecule has 8 nitrogen and oxygen atoms in total. The zero-order valence-corrected chi connectivity index (χ0v) is 18.8. The van der Waals surface area contributed by atoms with Crippen LogP contribution < -0.4 is 5.32 Å². The summed E-state index contributed by atoms with van der Waals surface area (Å²) in [5, 5.41) is 4.66. The number of nitrogens with one attached hydrogen (secondary N) is 1. The highest BCUT2D eigenvalue weighted by atomic mass is 16.5. The molecule has 1 unspecified atom stereocenters. The van der Waals surface area contributed by atoms with Crippen LogP contribution in [0.15, 0.2) is 36.4 Å². The van der Waals surface area contributed by atoms with Crippen LogP contribution in [0.4, 0.5) is 0 Å². The van der Waals surface area contributed by atoms with Crippen molar-refractivity contribution in [3.05, 3.63) is 47.5 Å². The van der Waals surface area contributed by atoms with Crippen LogP contribution in [0, 0.1) is 0 Å². The molecule has 1 N–H and O–H groups in total. The van der Waals surface area contributed by atoms with Gasteiger partial charge < -0.3 is 10.1 Å². The van der Waals surface area contributed by atoms with Gasteiger partial charge in [0.05, 0.1) is 12.6 Å². The van der Waals surface area contributed by atoms with Crippen molar-refractivity contribution in [3.63, 3.8) is 0 Å². The predicted molar refractivity (Wildman–Crippen MR) is 124 cm³/mol. The number of benzene rings is 2. The van der Waals surface area contributed by atoms with Crippen molar-refractivity contribution in [2.75, 3.05) is 59.0 Å². The Hall–Kier alpha value is -2.81. The fourth-order valence-electron chi connectivity index (χ4n) is 4.99. The maximum Gasteiger partial charge on any atom is 0.261 e. The van der Waals surface area contributed by atoms with E-state index in [4.69, 9.17) is 4.74 Å². The van der Waals surface area contributed by atoms with E-state index in [0.29, 0.717) is 37.3 Å². The Kier molecular flexibility index (Phi) is 6.39. The average molecular weight is 451 g/mol. The number of carbonyl (C=O) groups is 3. The summed E-state index contributed by atoms with van der Waals surface area (Å²) in [4.78, 5) is 44.1. The molecule has 2 saturated heterocycles. The number of rotatable bonds is 7. The standard InChI is InChI=1S/C25H30N4O4/c30-22(26-16-19-6-3-15-33-19)17-28-11-9-27(10-12-28)13-14-29-24(31)20-7-1-4-18-5-2-8-21(23(18)20)25(29)32/h1-2,4-5,7-8,19H,3,6,9-17H2,(H,26,30). The molecular weight excluding hydrogens is 420 g/mol. The molecule has 5 rings (SSSR count). The average Bonchev–Trinajstić information content (AvgIpc) is 3.36. The van der Waals surface area contributed by atoms with Crippen molar-refractivity contribution in [3.8, 4) is 0 Å². The SMILES string of the molecule is O=C(CN1CCN(CCN2C(=O)c3cccc4cccc(c34)C2=O)CC1)NCC1CCCO1. The number of carbonyl (C=O) groups excluding carboxylic acids is 3. The van der Waals surface area contributed by atoms with Crippen molar-refractivity contribution in [2.24, 2.45) is 0 Å². The maximum atomic E-state index is 13.0. The molecule has 3 heterocycles. The first-order chi connectivity index (χ1) is 16.1. The zero-order valence-electron chi connectivity index (χ0n) is 18.8. The van der Waals surface area contributed by atoms with E-state index in [1.165, 1.54) is 4.90 Å². The summed E-state index contributed by atoms with van der Waals surface area (Å²) >= 11 is 0. The van der Waals surface area contributed by atoms with Crippen molar-refractivity contribution in [2.45, 2.75) is 18.9 Å². The van der Waals surface area contributed by atoms with Gasteiger partial charge in [-0.15, -0.1) is 0 Å². The zero-order chi connectivity index (χ0) is 22.8.